The van der Waals surface area contributed by atoms with E-state index in [9.17, 15) is 4.79 Å². The molecule has 0 N–H and O–H groups in total. The molecule has 3 heteroatoms. The van der Waals surface area contributed by atoms with Crippen LogP contribution in [0.2, 0.25) is 0 Å². The van der Waals surface area contributed by atoms with Crippen molar-refractivity contribution in [2.45, 2.75) is 33.1 Å². The highest BCUT2D eigenvalue weighted by atomic mass is 16.2. The zero-order chi connectivity index (χ0) is 12.5. The molecule has 2 saturated heterocycles. The molecule has 2 bridgehead atoms. The lowest BCUT2D eigenvalue weighted by atomic mass is 9.83. The largest absolute Gasteiger partial charge is 0.342 e. The quantitative estimate of drug-likeness (QED) is 0.687. The number of hydrogen-bond donors (Lipinski definition) is 0. The molecule has 1 amide bonds. The predicted octanol–water partition coefficient (Wildman–Crippen LogP) is 1.73. The third-order valence-electron chi connectivity index (χ3n) is 4.52. The summed E-state index contributed by atoms with van der Waals surface area (Å²) in [6.07, 6.45) is 3.98. The molecule has 0 aromatic heterocycles. The normalized spacial score (nSPS) is 37.0. The Hall–Kier alpha value is -0.570. The van der Waals surface area contributed by atoms with E-state index in [1.165, 1.54) is 43.4 Å². The molecular weight excluding hydrogens is 212 g/mol. The first-order chi connectivity index (χ1) is 8.02. The monoisotopic (exact) mass is 239 g/mol. The topological polar surface area (TPSA) is 20.3 Å². The zero-order valence-electron chi connectivity index (χ0n) is 11.6. The van der Waals surface area contributed by atoms with E-state index in [1.54, 1.807) is 6.92 Å². The summed E-state index contributed by atoms with van der Waals surface area (Å²) in [5, 5.41) is 0. The van der Waals surface area contributed by atoms with Crippen LogP contribution in [0.5, 0.6) is 0 Å². The molecule has 98 valence electrons. The SMILES string of the molecule is CCCC[N+]1(C)CC2CC(CN(C(C)=O)C2)C1. The lowest BCUT2D eigenvalue weighted by Crippen LogP contribution is -2.61. The van der Waals surface area contributed by atoms with Gasteiger partial charge in [-0.2, -0.15) is 0 Å². The van der Waals surface area contributed by atoms with E-state index in [-0.39, 0.29) is 5.91 Å². The average molecular weight is 239 g/mol. The first-order valence-electron chi connectivity index (χ1n) is 7.11. The maximum absolute atomic E-state index is 11.5. The summed E-state index contributed by atoms with van der Waals surface area (Å²) in [6, 6.07) is 0. The molecule has 0 aromatic rings. The highest BCUT2D eigenvalue weighted by Crippen LogP contribution is 2.32. The molecule has 2 aliphatic rings. The van der Waals surface area contributed by atoms with Crippen molar-refractivity contribution in [2.24, 2.45) is 11.8 Å². The van der Waals surface area contributed by atoms with Gasteiger partial charge >= 0.3 is 0 Å². The van der Waals surface area contributed by atoms with Gasteiger partial charge in [0.1, 0.15) is 0 Å². The minimum absolute atomic E-state index is 0.268. The van der Waals surface area contributed by atoms with Crippen LogP contribution in [0.25, 0.3) is 0 Å². The Balaban J connectivity index is 1.97. The molecule has 2 heterocycles. The van der Waals surface area contributed by atoms with E-state index in [0.29, 0.717) is 0 Å². The number of carbonyl (C=O) groups is 1. The van der Waals surface area contributed by atoms with Gasteiger partial charge in [-0.05, 0) is 12.8 Å². The van der Waals surface area contributed by atoms with Crippen LogP contribution in [0.15, 0.2) is 0 Å². The predicted molar refractivity (Wildman–Crippen MR) is 69.5 cm³/mol. The fraction of sp³-hybridized carbons (Fsp3) is 0.929. The lowest BCUT2D eigenvalue weighted by Gasteiger charge is -2.50. The maximum atomic E-state index is 11.5. The minimum Gasteiger partial charge on any atom is -0.342 e. The Bertz CT molecular complexity index is 276. The summed E-state index contributed by atoms with van der Waals surface area (Å²) in [7, 11) is 2.41. The van der Waals surface area contributed by atoms with Gasteiger partial charge in [-0.3, -0.25) is 4.79 Å². The van der Waals surface area contributed by atoms with E-state index >= 15 is 0 Å². The summed E-state index contributed by atoms with van der Waals surface area (Å²) in [5.41, 5.74) is 0. The van der Waals surface area contributed by atoms with Crippen molar-refractivity contribution >= 4 is 5.91 Å². The highest BCUT2D eigenvalue weighted by molar-refractivity contribution is 5.73. The van der Waals surface area contributed by atoms with Crippen molar-refractivity contribution in [1.82, 2.24) is 4.90 Å². The van der Waals surface area contributed by atoms with Crippen molar-refractivity contribution < 1.29 is 9.28 Å². The Morgan fingerprint density at radius 1 is 1.29 bits per heavy atom. The number of fused-ring (bicyclic) bond motifs is 2. The van der Waals surface area contributed by atoms with Crippen molar-refractivity contribution in [3.8, 4) is 0 Å². The van der Waals surface area contributed by atoms with Crippen LogP contribution in [0.3, 0.4) is 0 Å². The highest BCUT2D eigenvalue weighted by Gasteiger charge is 2.41. The first-order valence-corrected chi connectivity index (χ1v) is 7.11. The van der Waals surface area contributed by atoms with Crippen molar-refractivity contribution in [3.05, 3.63) is 0 Å². The Kier molecular flexibility index (Phi) is 3.76. The number of amides is 1. The molecule has 2 atom stereocenters. The fourth-order valence-electron chi connectivity index (χ4n) is 3.88. The van der Waals surface area contributed by atoms with Gasteiger partial charge in [0.2, 0.25) is 5.91 Å². The van der Waals surface area contributed by atoms with Gasteiger partial charge in [-0.25, -0.2) is 0 Å². The number of piperidine rings is 2. The number of hydrogen-bond acceptors (Lipinski definition) is 1. The van der Waals surface area contributed by atoms with E-state index in [1.807, 2.05) is 0 Å². The third kappa shape index (κ3) is 3.01. The molecule has 2 unspecified atom stereocenters. The summed E-state index contributed by atoms with van der Waals surface area (Å²) in [4.78, 5) is 13.6. The molecule has 3 nitrogen and oxygen atoms in total. The Morgan fingerprint density at radius 3 is 2.35 bits per heavy atom. The second-order valence-electron chi connectivity index (χ2n) is 6.45. The molecule has 2 rings (SSSR count). The van der Waals surface area contributed by atoms with E-state index in [2.05, 4.69) is 18.9 Å². The van der Waals surface area contributed by atoms with Gasteiger partial charge in [0.05, 0.1) is 26.7 Å². The third-order valence-corrected chi connectivity index (χ3v) is 4.52. The van der Waals surface area contributed by atoms with Gasteiger partial charge in [-0.1, -0.05) is 13.3 Å². The summed E-state index contributed by atoms with van der Waals surface area (Å²) in [6.45, 7) is 9.88. The standard InChI is InChI=1S/C14H27N2O/c1-4-5-6-16(3)10-13-7-14(11-16)9-15(8-13)12(2)17/h13-14H,4-11H2,1-3H3/q+1. The van der Waals surface area contributed by atoms with Crippen LogP contribution in [0.4, 0.5) is 0 Å². The second-order valence-corrected chi connectivity index (χ2v) is 6.45. The number of carbonyl (C=O) groups excluding carboxylic acids is 1. The van der Waals surface area contributed by atoms with Crippen molar-refractivity contribution in [3.63, 3.8) is 0 Å². The number of rotatable bonds is 3. The molecule has 0 saturated carbocycles. The number of nitrogens with zero attached hydrogens (tertiary/aromatic N) is 2. The summed E-state index contributed by atoms with van der Waals surface area (Å²) >= 11 is 0. The van der Waals surface area contributed by atoms with E-state index in [4.69, 9.17) is 0 Å². The molecule has 2 fully saturated rings. The van der Waals surface area contributed by atoms with E-state index < -0.39 is 0 Å². The van der Waals surface area contributed by atoms with Gasteiger partial charge in [0.15, 0.2) is 0 Å². The molecule has 2 aliphatic heterocycles. The fourth-order valence-corrected chi connectivity index (χ4v) is 3.88. The van der Waals surface area contributed by atoms with E-state index in [0.717, 1.165) is 24.9 Å². The minimum atomic E-state index is 0.268. The van der Waals surface area contributed by atoms with Crippen LogP contribution in [0, 0.1) is 11.8 Å². The molecule has 0 radical (unpaired) electrons. The van der Waals surface area contributed by atoms with Crippen molar-refractivity contribution in [2.75, 3.05) is 39.8 Å². The maximum Gasteiger partial charge on any atom is 0.219 e. The molecule has 0 aliphatic carbocycles. The zero-order valence-corrected chi connectivity index (χ0v) is 11.6. The smallest absolute Gasteiger partial charge is 0.219 e. The molecule has 0 spiro atoms. The van der Waals surface area contributed by atoms with Gasteiger partial charge in [0.25, 0.3) is 0 Å². The van der Waals surface area contributed by atoms with Crippen LogP contribution < -0.4 is 0 Å². The Morgan fingerprint density at radius 2 is 1.88 bits per heavy atom. The number of unbranched alkanes of at least 4 members (excludes halogenated alkanes) is 1. The van der Waals surface area contributed by atoms with Crippen LogP contribution in [0.1, 0.15) is 33.1 Å². The summed E-state index contributed by atoms with van der Waals surface area (Å²) < 4.78 is 1.24. The average Bonchev–Trinajstić information content (AvgIpc) is 2.24. The van der Waals surface area contributed by atoms with Gasteiger partial charge in [0, 0.05) is 31.8 Å². The summed E-state index contributed by atoms with van der Waals surface area (Å²) in [5.74, 6) is 1.76. The van der Waals surface area contributed by atoms with Gasteiger partial charge < -0.3 is 9.38 Å². The molecule has 17 heavy (non-hydrogen) atoms. The van der Waals surface area contributed by atoms with Crippen LogP contribution >= 0.6 is 0 Å². The molecule has 0 aromatic carbocycles. The number of likely N-dealkylation sites (tertiary alicyclic amines) is 2. The van der Waals surface area contributed by atoms with Gasteiger partial charge in [-0.15, -0.1) is 0 Å². The Labute approximate surface area is 105 Å². The number of quaternary nitrogens is 1. The second kappa shape index (κ2) is 4.97. The van der Waals surface area contributed by atoms with Crippen molar-refractivity contribution in [1.29, 1.82) is 0 Å². The van der Waals surface area contributed by atoms with Crippen LogP contribution in [-0.4, -0.2) is 55.1 Å². The lowest BCUT2D eigenvalue weighted by molar-refractivity contribution is -0.922. The first kappa shape index (κ1) is 12.9. The molecular formula is C14H27N2O+. The van der Waals surface area contributed by atoms with Crippen LogP contribution in [-0.2, 0) is 4.79 Å².